The Labute approximate surface area is 130 Å². The number of allylic oxidation sites excluding steroid dienone is 5. The predicted octanol–water partition coefficient (Wildman–Crippen LogP) is 3.24. The van der Waals surface area contributed by atoms with Crippen LogP contribution in [0.15, 0.2) is 34.4 Å². The molecule has 0 aromatic carbocycles. The molecule has 0 N–H and O–H groups in total. The van der Waals surface area contributed by atoms with E-state index in [1.165, 1.54) is 43.8 Å². The number of fused-ring (bicyclic) bond motifs is 1. The van der Waals surface area contributed by atoms with Gasteiger partial charge in [-0.1, -0.05) is 6.58 Å². The fraction of sp³-hybridized carbons (Fsp3) is 0.556. The molecule has 0 aliphatic heterocycles. The van der Waals surface area contributed by atoms with Crippen molar-refractivity contribution >= 4 is 11.9 Å². The highest BCUT2D eigenvalue weighted by atomic mass is 16.5. The van der Waals surface area contributed by atoms with Crippen molar-refractivity contribution in [1.29, 1.82) is 0 Å². The highest BCUT2D eigenvalue weighted by Crippen LogP contribution is 2.53. The topological polar surface area (TPSA) is 52.6 Å². The number of ether oxygens (including phenoxy) is 2. The van der Waals surface area contributed by atoms with Crippen LogP contribution in [0.5, 0.6) is 0 Å². The third-order valence-corrected chi connectivity index (χ3v) is 5.36. The van der Waals surface area contributed by atoms with E-state index in [1.807, 2.05) is 0 Å². The van der Waals surface area contributed by atoms with Gasteiger partial charge in [0.25, 0.3) is 0 Å². The van der Waals surface area contributed by atoms with Crippen LogP contribution in [0.4, 0.5) is 0 Å². The van der Waals surface area contributed by atoms with E-state index in [0.717, 1.165) is 30.4 Å². The molecular weight excluding hydrogens is 280 g/mol. The molecule has 0 unspecified atom stereocenters. The first-order valence-electron chi connectivity index (χ1n) is 7.86. The van der Waals surface area contributed by atoms with E-state index < -0.39 is 17.4 Å². The normalized spacial score (nSPS) is 23.1. The zero-order valence-electron chi connectivity index (χ0n) is 13.3. The lowest BCUT2D eigenvalue weighted by molar-refractivity contribution is -0.170. The Morgan fingerprint density at radius 1 is 0.909 bits per heavy atom. The van der Waals surface area contributed by atoms with Crippen molar-refractivity contribution < 1.29 is 19.1 Å². The summed E-state index contributed by atoms with van der Waals surface area (Å²) in [7, 11) is 2.65. The van der Waals surface area contributed by atoms with Gasteiger partial charge in [0.2, 0.25) is 0 Å². The molecule has 0 amide bonds. The molecule has 3 aliphatic rings. The Morgan fingerprint density at radius 3 is 2.05 bits per heavy atom. The molecule has 0 atom stereocenters. The Balaban J connectivity index is 1.99. The average Bonchev–Trinajstić information content (AvgIpc) is 2.85. The minimum atomic E-state index is -1.21. The molecule has 0 bridgehead atoms. The molecule has 3 aliphatic carbocycles. The Kier molecular flexibility index (Phi) is 3.71. The second-order valence-corrected chi connectivity index (χ2v) is 6.34. The van der Waals surface area contributed by atoms with Crippen molar-refractivity contribution in [2.24, 2.45) is 5.41 Å². The van der Waals surface area contributed by atoms with E-state index in [-0.39, 0.29) is 0 Å². The lowest BCUT2D eigenvalue weighted by Gasteiger charge is -2.33. The van der Waals surface area contributed by atoms with Gasteiger partial charge < -0.3 is 9.47 Å². The first-order valence-corrected chi connectivity index (χ1v) is 7.86. The Hall–Kier alpha value is -1.84. The summed E-state index contributed by atoms with van der Waals surface area (Å²) >= 11 is 0. The minimum Gasteiger partial charge on any atom is -0.468 e. The summed E-state index contributed by atoms with van der Waals surface area (Å²) in [6.45, 7) is 4.24. The molecule has 4 nitrogen and oxygen atoms in total. The molecular formula is C18H22O4. The monoisotopic (exact) mass is 302 g/mol. The summed E-state index contributed by atoms with van der Waals surface area (Å²) in [6, 6.07) is 0. The molecule has 0 radical (unpaired) electrons. The van der Waals surface area contributed by atoms with Gasteiger partial charge in [-0.05, 0) is 66.4 Å². The molecule has 0 saturated heterocycles. The molecule has 22 heavy (non-hydrogen) atoms. The molecule has 0 heterocycles. The first-order chi connectivity index (χ1) is 10.5. The fourth-order valence-corrected chi connectivity index (χ4v) is 4.18. The third-order valence-electron chi connectivity index (χ3n) is 5.36. The zero-order valence-corrected chi connectivity index (χ0v) is 13.3. The van der Waals surface area contributed by atoms with Gasteiger partial charge >= 0.3 is 11.9 Å². The number of carbonyl (C=O) groups excluding carboxylic acids is 2. The molecule has 0 spiro atoms. The molecule has 0 fully saturated rings. The van der Waals surface area contributed by atoms with Crippen molar-refractivity contribution in [3.05, 3.63) is 34.4 Å². The van der Waals surface area contributed by atoms with Gasteiger partial charge in [0, 0.05) is 6.42 Å². The van der Waals surface area contributed by atoms with E-state index in [4.69, 9.17) is 9.47 Å². The lowest BCUT2D eigenvalue weighted by atomic mass is 9.70. The summed E-state index contributed by atoms with van der Waals surface area (Å²) in [6.07, 6.45) is 6.08. The largest absolute Gasteiger partial charge is 0.468 e. The van der Waals surface area contributed by atoms with Crippen LogP contribution in [0.3, 0.4) is 0 Å². The average molecular weight is 302 g/mol. The fourth-order valence-electron chi connectivity index (χ4n) is 4.18. The standard InChI is InChI=1S/C18H22O4/c1-11-12-6-4-5-7-13(12)14-8-9-18(10-15(11)14,16(19)21-2)17(20)22-3/h1,4-10H2,2-3H3. The van der Waals surface area contributed by atoms with Gasteiger partial charge in [0.1, 0.15) is 0 Å². The Morgan fingerprint density at radius 2 is 1.45 bits per heavy atom. The van der Waals surface area contributed by atoms with Crippen LogP contribution >= 0.6 is 0 Å². The number of esters is 2. The molecule has 4 heteroatoms. The number of hydrogen-bond donors (Lipinski definition) is 0. The van der Waals surface area contributed by atoms with Crippen LogP contribution in [-0.4, -0.2) is 26.2 Å². The lowest BCUT2D eigenvalue weighted by Crippen LogP contribution is -2.43. The smallest absolute Gasteiger partial charge is 0.323 e. The van der Waals surface area contributed by atoms with Crippen molar-refractivity contribution in [3.63, 3.8) is 0 Å². The minimum absolute atomic E-state index is 0.355. The van der Waals surface area contributed by atoms with Gasteiger partial charge in [0.15, 0.2) is 5.41 Å². The van der Waals surface area contributed by atoms with Crippen molar-refractivity contribution in [3.8, 4) is 0 Å². The number of carbonyl (C=O) groups is 2. The van der Waals surface area contributed by atoms with Gasteiger partial charge in [-0.25, -0.2) is 0 Å². The van der Waals surface area contributed by atoms with E-state index in [2.05, 4.69) is 6.58 Å². The van der Waals surface area contributed by atoms with Gasteiger partial charge in [-0.15, -0.1) is 0 Å². The maximum Gasteiger partial charge on any atom is 0.323 e. The highest BCUT2D eigenvalue weighted by Gasteiger charge is 2.52. The van der Waals surface area contributed by atoms with Crippen LogP contribution in [0.25, 0.3) is 0 Å². The predicted molar refractivity (Wildman–Crippen MR) is 82.0 cm³/mol. The number of hydrogen-bond acceptors (Lipinski definition) is 4. The molecule has 0 aromatic heterocycles. The SMILES string of the molecule is C=C1C2=C(CCCC2)C2=C1CC(C(=O)OC)(C(=O)OC)CC2. The van der Waals surface area contributed by atoms with Crippen LogP contribution in [-0.2, 0) is 19.1 Å². The first kappa shape index (κ1) is 15.1. The van der Waals surface area contributed by atoms with Gasteiger partial charge in [-0.3, -0.25) is 9.59 Å². The van der Waals surface area contributed by atoms with E-state index >= 15 is 0 Å². The molecule has 0 saturated carbocycles. The molecule has 0 aromatic rings. The van der Waals surface area contributed by atoms with E-state index in [0.29, 0.717) is 12.8 Å². The summed E-state index contributed by atoms with van der Waals surface area (Å²) < 4.78 is 9.83. The second-order valence-electron chi connectivity index (χ2n) is 6.34. The van der Waals surface area contributed by atoms with Crippen molar-refractivity contribution in [2.75, 3.05) is 14.2 Å². The van der Waals surface area contributed by atoms with Gasteiger partial charge in [-0.2, -0.15) is 0 Å². The van der Waals surface area contributed by atoms with Crippen molar-refractivity contribution in [2.45, 2.75) is 44.9 Å². The van der Waals surface area contributed by atoms with Gasteiger partial charge in [0.05, 0.1) is 14.2 Å². The number of rotatable bonds is 2. The van der Waals surface area contributed by atoms with Crippen molar-refractivity contribution in [1.82, 2.24) is 0 Å². The van der Waals surface area contributed by atoms with Crippen LogP contribution < -0.4 is 0 Å². The third kappa shape index (κ3) is 1.97. The number of methoxy groups -OCH3 is 2. The maximum atomic E-state index is 12.3. The van der Waals surface area contributed by atoms with Crippen LogP contribution in [0.1, 0.15) is 44.9 Å². The van der Waals surface area contributed by atoms with Crippen LogP contribution in [0, 0.1) is 5.41 Å². The second kappa shape index (κ2) is 5.41. The van der Waals surface area contributed by atoms with E-state index in [9.17, 15) is 9.59 Å². The summed E-state index contributed by atoms with van der Waals surface area (Å²) in [5.41, 5.74) is 5.00. The van der Waals surface area contributed by atoms with E-state index in [1.54, 1.807) is 0 Å². The molecule has 3 rings (SSSR count). The van der Waals surface area contributed by atoms with Crippen LogP contribution in [0.2, 0.25) is 0 Å². The quantitative estimate of drug-likeness (QED) is 0.580. The summed E-state index contributed by atoms with van der Waals surface area (Å²) in [4.78, 5) is 24.6. The molecule has 118 valence electrons. The highest BCUT2D eigenvalue weighted by molar-refractivity contribution is 6.01. The Bertz CT molecular complexity index is 605. The summed E-state index contributed by atoms with van der Waals surface area (Å²) in [5.74, 6) is -0.993. The zero-order chi connectivity index (χ0) is 15.9. The maximum absolute atomic E-state index is 12.3. The summed E-state index contributed by atoms with van der Waals surface area (Å²) in [5, 5.41) is 0.